The molecule has 0 spiro atoms. The zero-order chi connectivity index (χ0) is 9.68. The van der Waals surface area contributed by atoms with Gasteiger partial charge >= 0.3 is 0 Å². The first kappa shape index (κ1) is 9.72. The average Bonchev–Trinajstić information content (AvgIpc) is 2.20. The number of rotatable bonds is 3. The van der Waals surface area contributed by atoms with E-state index in [1.54, 1.807) is 0 Å². The molecular weight excluding hydrogens is 158 g/mol. The van der Waals surface area contributed by atoms with Gasteiger partial charge in [0.05, 0.1) is 5.69 Å². The number of hydrogen-bond acceptors (Lipinski definition) is 1. The van der Waals surface area contributed by atoms with Gasteiger partial charge in [-0.3, -0.25) is 4.98 Å². The Kier molecular flexibility index (Phi) is 3.44. The van der Waals surface area contributed by atoms with E-state index in [1.807, 2.05) is 31.3 Å². The molecule has 0 radical (unpaired) electrons. The molecular formula is C12H15N. The third-order valence-corrected chi connectivity index (χ3v) is 2.06. The van der Waals surface area contributed by atoms with E-state index in [-0.39, 0.29) is 0 Å². The summed E-state index contributed by atoms with van der Waals surface area (Å²) in [4.78, 5) is 4.29. The Morgan fingerprint density at radius 3 is 2.92 bits per heavy atom. The first-order valence-electron chi connectivity index (χ1n) is 4.55. The number of nitrogens with zero attached hydrogens (tertiary/aromatic N) is 1. The lowest BCUT2D eigenvalue weighted by Crippen LogP contribution is -1.89. The third kappa shape index (κ3) is 2.28. The quantitative estimate of drug-likeness (QED) is 0.639. The lowest BCUT2D eigenvalue weighted by Gasteiger charge is -2.02. The summed E-state index contributed by atoms with van der Waals surface area (Å²) >= 11 is 0. The monoisotopic (exact) mass is 173 g/mol. The highest BCUT2D eigenvalue weighted by Crippen LogP contribution is 2.13. The molecule has 1 heteroatoms. The van der Waals surface area contributed by atoms with Gasteiger partial charge in [0.2, 0.25) is 0 Å². The van der Waals surface area contributed by atoms with Crippen LogP contribution in [0.5, 0.6) is 0 Å². The zero-order valence-corrected chi connectivity index (χ0v) is 8.25. The van der Waals surface area contributed by atoms with Crippen LogP contribution in [0.2, 0.25) is 0 Å². The van der Waals surface area contributed by atoms with E-state index >= 15 is 0 Å². The second-order valence-corrected chi connectivity index (χ2v) is 2.85. The van der Waals surface area contributed by atoms with Gasteiger partial charge in [-0.2, -0.15) is 0 Å². The van der Waals surface area contributed by atoms with Crippen LogP contribution < -0.4 is 0 Å². The van der Waals surface area contributed by atoms with Crippen LogP contribution >= 0.6 is 0 Å². The van der Waals surface area contributed by atoms with Crippen LogP contribution in [-0.4, -0.2) is 4.98 Å². The van der Waals surface area contributed by atoms with Crippen molar-refractivity contribution in [1.82, 2.24) is 4.98 Å². The van der Waals surface area contributed by atoms with E-state index in [9.17, 15) is 0 Å². The van der Waals surface area contributed by atoms with Gasteiger partial charge in [0.1, 0.15) is 0 Å². The third-order valence-electron chi connectivity index (χ3n) is 2.06. The standard InChI is InChI=1S/C12H15N/c1-4-10-7-8-13-12(9-10)11(5-2)6-3/h5-9H,2,4H2,1,3H3/b11-6+. The predicted octanol–water partition coefficient (Wildman–Crippen LogP) is 3.23. The van der Waals surface area contributed by atoms with Crippen LogP contribution in [0, 0.1) is 0 Å². The van der Waals surface area contributed by atoms with E-state index < -0.39 is 0 Å². The van der Waals surface area contributed by atoms with Crippen molar-refractivity contribution in [3.8, 4) is 0 Å². The lowest BCUT2D eigenvalue weighted by molar-refractivity contribution is 1.11. The van der Waals surface area contributed by atoms with Crippen LogP contribution in [0.1, 0.15) is 25.1 Å². The zero-order valence-electron chi connectivity index (χ0n) is 8.25. The predicted molar refractivity (Wildman–Crippen MR) is 57.5 cm³/mol. The normalized spacial score (nSPS) is 11.4. The molecule has 0 saturated heterocycles. The molecule has 0 fully saturated rings. The Morgan fingerprint density at radius 2 is 2.38 bits per heavy atom. The van der Waals surface area contributed by atoms with E-state index in [4.69, 9.17) is 0 Å². The highest BCUT2D eigenvalue weighted by molar-refractivity contribution is 5.70. The number of aromatic nitrogens is 1. The summed E-state index contributed by atoms with van der Waals surface area (Å²) < 4.78 is 0. The summed E-state index contributed by atoms with van der Waals surface area (Å²) in [6.07, 6.45) is 6.75. The minimum atomic E-state index is 1.01. The van der Waals surface area contributed by atoms with Crippen LogP contribution in [-0.2, 0) is 6.42 Å². The van der Waals surface area contributed by atoms with Gasteiger partial charge in [0, 0.05) is 6.20 Å². The van der Waals surface area contributed by atoms with Crippen molar-refractivity contribution in [3.63, 3.8) is 0 Å². The molecule has 0 atom stereocenters. The Bertz CT molecular complexity index is 324. The molecule has 68 valence electrons. The molecule has 0 aliphatic heterocycles. The summed E-state index contributed by atoms with van der Waals surface area (Å²) in [5.41, 5.74) is 3.42. The Morgan fingerprint density at radius 1 is 1.62 bits per heavy atom. The van der Waals surface area contributed by atoms with E-state index in [0.717, 1.165) is 17.7 Å². The summed E-state index contributed by atoms with van der Waals surface area (Å²) in [7, 11) is 0. The van der Waals surface area contributed by atoms with E-state index in [1.165, 1.54) is 5.56 Å². The second kappa shape index (κ2) is 4.61. The summed E-state index contributed by atoms with van der Waals surface area (Å²) in [5, 5.41) is 0. The van der Waals surface area contributed by atoms with Crippen LogP contribution in [0.3, 0.4) is 0 Å². The maximum Gasteiger partial charge on any atom is 0.0701 e. The van der Waals surface area contributed by atoms with Crippen molar-refractivity contribution in [2.24, 2.45) is 0 Å². The molecule has 0 unspecified atom stereocenters. The van der Waals surface area contributed by atoms with Crippen molar-refractivity contribution in [3.05, 3.63) is 48.3 Å². The average molecular weight is 173 g/mol. The van der Waals surface area contributed by atoms with Gasteiger partial charge < -0.3 is 0 Å². The van der Waals surface area contributed by atoms with Crippen LogP contribution in [0.4, 0.5) is 0 Å². The van der Waals surface area contributed by atoms with Crippen molar-refractivity contribution < 1.29 is 0 Å². The molecule has 1 rings (SSSR count). The molecule has 0 aromatic carbocycles. The molecule has 0 amide bonds. The Hall–Kier alpha value is -1.37. The molecule has 0 aliphatic rings. The SMILES string of the molecule is C=C/C(=C\C)c1cc(CC)ccn1. The molecule has 0 saturated carbocycles. The minimum Gasteiger partial charge on any atom is -0.256 e. The van der Waals surface area contributed by atoms with Gasteiger partial charge in [-0.1, -0.05) is 25.7 Å². The Balaban J connectivity index is 3.07. The van der Waals surface area contributed by atoms with Crippen LogP contribution in [0.25, 0.3) is 5.57 Å². The molecule has 1 aromatic rings. The number of allylic oxidation sites excluding steroid dienone is 3. The molecule has 1 aromatic heterocycles. The van der Waals surface area contributed by atoms with Gasteiger partial charge in [0.15, 0.2) is 0 Å². The van der Waals surface area contributed by atoms with Gasteiger partial charge in [0.25, 0.3) is 0 Å². The topological polar surface area (TPSA) is 12.9 Å². The highest BCUT2D eigenvalue weighted by Gasteiger charge is 1.98. The molecule has 0 aliphatic carbocycles. The smallest absolute Gasteiger partial charge is 0.0701 e. The highest BCUT2D eigenvalue weighted by atomic mass is 14.7. The maximum absolute atomic E-state index is 4.29. The number of hydrogen-bond donors (Lipinski definition) is 0. The fraction of sp³-hybridized carbons (Fsp3) is 0.250. The van der Waals surface area contributed by atoms with E-state index in [0.29, 0.717) is 0 Å². The van der Waals surface area contributed by atoms with Crippen molar-refractivity contribution in [1.29, 1.82) is 0 Å². The first-order chi connectivity index (χ1) is 6.31. The molecule has 13 heavy (non-hydrogen) atoms. The molecule has 0 bridgehead atoms. The van der Waals surface area contributed by atoms with Gasteiger partial charge in [-0.25, -0.2) is 0 Å². The minimum absolute atomic E-state index is 1.01. The summed E-state index contributed by atoms with van der Waals surface area (Å²) in [5.74, 6) is 0. The molecule has 1 heterocycles. The summed E-state index contributed by atoms with van der Waals surface area (Å²) in [6.45, 7) is 7.89. The van der Waals surface area contributed by atoms with Gasteiger partial charge in [-0.05, 0) is 36.6 Å². The van der Waals surface area contributed by atoms with Crippen molar-refractivity contribution >= 4 is 5.57 Å². The number of pyridine rings is 1. The summed E-state index contributed by atoms with van der Waals surface area (Å²) in [6, 6.07) is 4.15. The lowest BCUT2D eigenvalue weighted by atomic mass is 10.1. The van der Waals surface area contributed by atoms with Crippen LogP contribution in [0.15, 0.2) is 37.1 Å². The second-order valence-electron chi connectivity index (χ2n) is 2.85. The van der Waals surface area contributed by atoms with Crippen molar-refractivity contribution in [2.75, 3.05) is 0 Å². The largest absolute Gasteiger partial charge is 0.256 e. The Labute approximate surface area is 79.8 Å². The van der Waals surface area contributed by atoms with E-state index in [2.05, 4.69) is 24.6 Å². The fourth-order valence-corrected chi connectivity index (χ4v) is 1.22. The van der Waals surface area contributed by atoms with Crippen molar-refractivity contribution in [2.45, 2.75) is 20.3 Å². The molecule has 1 nitrogen and oxygen atoms in total. The maximum atomic E-state index is 4.29. The number of aryl methyl sites for hydroxylation is 1. The fourth-order valence-electron chi connectivity index (χ4n) is 1.22. The first-order valence-corrected chi connectivity index (χ1v) is 4.55. The molecule has 0 N–H and O–H groups in total. The van der Waals surface area contributed by atoms with Gasteiger partial charge in [-0.15, -0.1) is 0 Å².